The first-order valence-corrected chi connectivity index (χ1v) is 6.67. The topological polar surface area (TPSA) is 41.6 Å². The Balaban J connectivity index is 2.25. The first-order chi connectivity index (χ1) is 8.17. The van der Waals surface area contributed by atoms with Crippen molar-refractivity contribution < 1.29 is 9.53 Å². The summed E-state index contributed by atoms with van der Waals surface area (Å²) in [4.78, 5) is 14.0. The molecule has 1 aliphatic rings. The van der Waals surface area contributed by atoms with Crippen molar-refractivity contribution in [2.45, 2.75) is 39.2 Å². The van der Waals surface area contributed by atoms with Crippen molar-refractivity contribution in [2.75, 3.05) is 33.4 Å². The van der Waals surface area contributed by atoms with Gasteiger partial charge in [0.15, 0.2) is 0 Å². The molecule has 1 heterocycles. The van der Waals surface area contributed by atoms with Gasteiger partial charge >= 0.3 is 0 Å². The van der Waals surface area contributed by atoms with Crippen LogP contribution < -0.4 is 5.32 Å². The molecule has 1 unspecified atom stereocenters. The molecule has 1 N–H and O–H groups in total. The highest BCUT2D eigenvalue weighted by Crippen LogP contribution is 2.18. The molecule has 0 saturated carbocycles. The molecule has 1 aliphatic heterocycles. The van der Waals surface area contributed by atoms with Gasteiger partial charge in [-0.15, -0.1) is 0 Å². The van der Waals surface area contributed by atoms with E-state index in [1.165, 1.54) is 0 Å². The van der Waals surface area contributed by atoms with Crippen LogP contribution in [0.5, 0.6) is 0 Å². The molecule has 0 aliphatic carbocycles. The number of amides is 1. The van der Waals surface area contributed by atoms with Crippen molar-refractivity contribution >= 4 is 5.91 Å². The predicted molar refractivity (Wildman–Crippen MR) is 68.9 cm³/mol. The van der Waals surface area contributed by atoms with E-state index in [1.54, 1.807) is 7.11 Å². The van der Waals surface area contributed by atoms with E-state index in [0.717, 1.165) is 39.1 Å². The third kappa shape index (κ3) is 5.04. The smallest absolute Gasteiger partial charge is 0.224 e. The molecule has 0 aromatic heterocycles. The zero-order valence-electron chi connectivity index (χ0n) is 11.4. The number of hydrogen-bond acceptors (Lipinski definition) is 3. The Bertz CT molecular complexity index is 225. The summed E-state index contributed by atoms with van der Waals surface area (Å²) >= 11 is 0. The summed E-state index contributed by atoms with van der Waals surface area (Å²) < 4.78 is 5.16. The maximum Gasteiger partial charge on any atom is 0.224 e. The van der Waals surface area contributed by atoms with Gasteiger partial charge in [0.1, 0.15) is 0 Å². The van der Waals surface area contributed by atoms with Crippen LogP contribution in [0.15, 0.2) is 0 Å². The quantitative estimate of drug-likeness (QED) is 0.762. The van der Waals surface area contributed by atoms with Crippen molar-refractivity contribution in [2.24, 2.45) is 5.92 Å². The molecule has 1 atom stereocenters. The number of carbonyl (C=O) groups is 1. The maximum atomic E-state index is 12.0. The van der Waals surface area contributed by atoms with Crippen LogP contribution in [0.2, 0.25) is 0 Å². The zero-order valence-corrected chi connectivity index (χ0v) is 11.4. The lowest BCUT2D eigenvalue weighted by Crippen LogP contribution is -2.42. The van der Waals surface area contributed by atoms with E-state index in [0.29, 0.717) is 12.3 Å². The fraction of sp³-hybridized carbons (Fsp3) is 0.923. The number of hydrogen-bond donors (Lipinski definition) is 1. The normalized spacial score (nSPS) is 19.4. The van der Waals surface area contributed by atoms with Crippen LogP contribution in [0.3, 0.4) is 0 Å². The van der Waals surface area contributed by atoms with Crippen molar-refractivity contribution in [3.63, 3.8) is 0 Å². The fourth-order valence-electron chi connectivity index (χ4n) is 2.40. The van der Waals surface area contributed by atoms with E-state index in [2.05, 4.69) is 19.2 Å². The molecular formula is C13H26N2O2. The minimum atomic E-state index is 0.282. The number of piperidine rings is 1. The molecule has 0 radical (unpaired) electrons. The number of methoxy groups -OCH3 is 1. The van der Waals surface area contributed by atoms with Crippen molar-refractivity contribution in [1.29, 1.82) is 0 Å². The second-order valence-electron chi connectivity index (χ2n) is 4.94. The van der Waals surface area contributed by atoms with Gasteiger partial charge in [0.25, 0.3) is 0 Å². The molecule has 1 saturated heterocycles. The van der Waals surface area contributed by atoms with Gasteiger partial charge in [-0.25, -0.2) is 0 Å². The molecule has 17 heavy (non-hydrogen) atoms. The summed E-state index contributed by atoms with van der Waals surface area (Å²) in [7, 11) is 1.75. The number of ether oxygens (including phenoxy) is 1. The zero-order chi connectivity index (χ0) is 12.7. The van der Waals surface area contributed by atoms with Gasteiger partial charge in [0.05, 0.1) is 0 Å². The lowest BCUT2D eigenvalue weighted by Gasteiger charge is -2.32. The molecule has 1 amide bonds. The largest absolute Gasteiger partial charge is 0.384 e. The van der Waals surface area contributed by atoms with Crippen LogP contribution in [0.1, 0.15) is 33.1 Å². The second-order valence-corrected chi connectivity index (χ2v) is 4.94. The third-order valence-corrected chi connectivity index (χ3v) is 3.40. The van der Waals surface area contributed by atoms with Gasteiger partial charge < -0.3 is 15.0 Å². The number of carbonyl (C=O) groups excluding carboxylic acids is 1. The molecule has 1 rings (SSSR count). The van der Waals surface area contributed by atoms with E-state index < -0.39 is 0 Å². The van der Waals surface area contributed by atoms with Crippen LogP contribution in [0.4, 0.5) is 0 Å². The first-order valence-electron chi connectivity index (χ1n) is 6.67. The SMILES string of the molecule is CCNC(C)CC(=O)N1CCC(COC)CC1. The van der Waals surface area contributed by atoms with Crippen molar-refractivity contribution in [1.82, 2.24) is 10.2 Å². The average Bonchev–Trinajstić information content (AvgIpc) is 2.30. The van der Waals surface area contributed by atoms with Gasteiger partial charge in [0, 0.05) is 39.3 Å². The third-order valence-electron chi connectivity index (χ3n) is 3.40. The molecule has 0 aromatic rings. The van der Waals surface area contributed by atoms with E-state index in [4.69, 9.17) is 4.74 Å². The summed E-state index contributed by atoms with van der Waals surface area (Å²) in [6.07, 6.45) is 2.77. The predicted octanol–water partition coefficient (Wildman–Crippen LogP) is 1.26. The van der Waals surface area contributed by atoms with Crippen LogP contribution in [0.25, 0.3) is 0 Å². The Labute approximate surface area is 105 Å². The second kappa shape index (κ2) is 7.67. The molecule has 0 spiro atoms. The average molecular weight is 242 g/mol. The highest BCUT2D eigenvalue weighted by Gasteiger charge is 2.23. The van der Waals surface area contributed by atoms with Gasteiger partial charge in [0.2, 0.25) is 5.91 Å². The minimum absolute atomic E-state index is 0.282. The first kappa shape index (κ1) is 14.5. The highest BCUT2D eigenvalue weighted by molar-refractivity contribution is 5.76. The molecule has 0 bridgehead atoms. The van der Waals surface area contributed by atoms with Gasteiger partial charge in [-0.2, -0.15) is 0 Å². The number of rotatable bonds is 6. The van der Waals surface area contributed by atoms with E-state index in [9.17, 15) is 4.79 Å². The number of nitrogens with zero attached hydrogens (tertiary/aromatic N) is 1. The van der Waals surface area contributed by atoms with Crippen LogP contribution in [-0.2, 0) is 9.53 Å². The lowest BCUT2D eigenvalue weighted by molar-refractivity contribution is -0.133. The van der Waals surface area contributed by atoms with Crippen LogP contribution in [0, 0.1) is 5.92 Å². The standard InChI is InChI=1S/C13H26N2O2/c1-4-14-11(2)9-13(16)15-7-5-12(6-8-15)10-17-3/h11-12,14H,4-10H2,1-3H3. The molecule has 100 valence electrons. The number of likely N-dealkylation sites (tertiary alicyclic amines) is 1. The Morgan fingerprint density at radius 3 is 2.65 bits per heavy atom. The van der Waals surface area contributed by atoms with Gasteiger partial charge in [-0.3, -0.25) is 4.79 Å². The fourth-order valence-corrected chi connectivity index (χ4v) is 2.40. The summed E-state index contributed by atoms with van der Waals surface area (Å²) in [6, 6.07) is 0.282. The van der Waals surface area contributed by atoms with Gasteiger partial charge in [-0.05, 0) is 32.2 Å². The number of nitrogens with one attached hydrogen (secondary N) is 1. The summed E-state index contributed by atoms with van der Waals surface area (Å²) in [5.41, 5.74) is 0. The molecule has 1 fully saturated rings. The summed E-state index contributed by atoms with van der Waals surface area (Å²) in [5.74, 6) is 0.921. The maximum absolute atomic E-state index is 12.0. The summed E-state index contributed by atoms with van der Waals surface area (Å²) in [5, 5.41) is 3.28. The Hall–Kier alpha value is -0.610. The molecule has 0 aromatic carbocycles. The van der Waals surface area contributed by atoms with Gasteiger partial charge in [-0.1, -0.05) is 6.92 Å². The van der Waals surface area contributed by atoms with Crippen molar-refractivity contribution in [3.8, 4) is 0 Å². The van der Waals surface area contributed by atoms with Crippen LogP contribution >= 0.6 is 0 Å². The van der Waals surface area contributed by atoms with E-state index in [-0.39, 0.29) is 11.9 Å². The van der Waals surface area contributed by atoms with E-state index >= 15 is 0 Å². The van der Waals surface area contributed by atoms with E-state index in [1.807, 2.05) is 4.90 Å². The Morgan fingerprint density at radius 1 is 1.47 bits per heavy atom. The van der Waals surface area contributed by atoms with Crippen molar-refractivity contribution in [3.05, 3.63) is 0 Å². The molecule has 4 nitrogen and oxygen atoms in total. The molecule has 4 heteroatoms. The highest BCUT2D eigenvalue weighted by atomic mass is 16.5. The van der Waals surface area contributed by atoms with Crippen LogP contribution in [-0.4, -0.2) is 50.2 Å². The monoisotopic (exact) mass is 242 g/mol. The molecular weight excluding hydrogens is 216 g/mol. The minimum Gasteiger partial charge on any atom is -0.384 e. The Morgan fingerprint density at radius 2 is 2.12 bits per heavy atom. The summed E-state index contributed by atoms with van der Waals surface area (Å²) in [6.45, 7) is 7.67. The Kier molecular flexibility index (Phi) is 6.52. The lowest BCUT2D eigenvalue weighted by atomic mass is 9.97.